The van der Waals surface area contributed by atoms with Crippen LogP contribution in [0.1, 0.15) is 13.3 Å². The minimum atomic E-state index is 0.357. The van der Waals surface area contributed by atoms with E-state index in [4.69, 9.17) is 5.26 Å². The minimum Gasteiger partial charge on any atom is -0.324 e. The maximum absolute atomic E-state index is 8.25. The molecule has 0 bridgehead atoms. The highest BCUT2D eigenvalue weighted by molar-refractivity contribution is 4.69. The summed E-state index contributed by atoms with van der Waals surface area (Å²) >= 11 is 0. The van der Waals surface area contributed by atoms with Gasteiger partial charge in [-0.15, -0.1) is 0 Å². The molecule has 0 radical (unpaired) electrons. The molecule has 0 aromatic carbocycles. The molecular formula is C8H18N4. The molecule has 0 heterocycles. The second-order valence-electron chi connectivity index (χ2n) is 2.70. The number of nitrogens with zero attached hydrogens (tertiary/aromatic N) is 2. The second-order valence-corrected chi connectivity index (χ2v) is 2.70. The van der Waals surface area contributed by atoms with Crippen LogP contribution in [0.15, 0.2) is 0 Å². The maximum Gasteiger partial charge on any atom is 0.176 e. The van der Waals surface area contributed by atoms with Crippen LogP contribution in [0.2, 0.25) is 0 Å². The van der Waals surface area contributed by atoms with E-state index in [0.717, 1.165) is 19.5 Å². The van der Waals surface area contributed by atoms with E-state index in [2.05, 4.69) is 29.5 Å². The molecule has 0 spiro atoms. The van der Waals surface area contributed by atoms with Gasteiger partial charge in [0.05, 0.1) is 6.17 Å². The molecule has 4 nitrogen and oxygen atoms in total. The van der Waals surface area contributed by atoms with Crippen LogP contribution < -0.4 is 10.6 Å². The number of rotatable bonds is 6. The molecule has 1 atom stereocenters. The Labute approximate surface area is 74.5 Å². The monoisotopic (exact) mass is 170 g/mol. The van der Waals surface area contributed by atoms with E-state index < -0.39 is 0 Å². The molecule has 0 amide bonds. The zero-order valence-corrected chi connectivity index (χ0v) is 8.09. The first kappa shape index (κ1) is 11.2. The van der Waals surface area contributed by atoms with Crippen molar-refractivity contribution in [1.82, 2.24) is 15.5 Å². The zero-order valence-electron chi connectivity index (χ0n) is 8.09. The van der Waals surface area contributed by atoms with Gasteiger partial charge >= 0.3 is 0 Å². The van der Waals surface area contributed by atoms with Crippen LogP contribution in [0.5, 0.6) is 0 Å². The van der Waals surface area contributed by atoms with Crippen LogP contribution in [0.3, 0.4) is 0 Å². The Kier molecular flexibility index (Phi) is 6.44. The summed E-state index contributed by atoms with van der Waals surface area (Å²) in [6, 6.07) is 0. The van der Waals surface area contributed by atoms with Gasteiger partial charge in [-0.25, -0.2) is 0 Å². The Morgan fingerprint density at radius 2 is 2.25 bits per heavy atom. The van der Waals surface area contributed by atoms with E-state index in [1.165, 1.54) is 0 Å². The number of hydrogen-bond donors (Lipinski definition) is 2. The van der Waals surface area contributed by atoms with Crippen LogP contribution in [0.25, 0.3) is 0 Å². The Bertz CT molecular complexity index is 140. The quantitative estimate of drug-likeness (QED) is 0.254. The number of hydrogen-bond acceptors (Lipinski definition) is 4. The van der Waals surface area contributed by atoms with Crippen LogP contribution >= 0.6 is 0 Å². The predicted molar refractivity (Wildman–Crippen MR) is 49.4 cm³/mol. The van der Waals surface area contributed by atoms with Crippen LogP contribution in [-0.2, 0) is 0 Å². The van der Waals surface area contributed by atoms with Gasteiger partial charge in [-0.3, -0.25) is 4.90 Å². The molecule has 0 aromatic rings. The molecule has 2 N–H and O–H groups in total. The van der Waals surface area contributed by atoms with Gasteiger partial charge in [0.15, 0.2) is 6.19 Å². The van der Waals surface area contributed by atoms with Gasteiger partial charge in [-0.05, 0) is 27.1 Å². The van der Waals surface area contributed by atoms with Crippen LogP contribution in [-0.4, -0.2) is 38.3 Å². The van der Waals surface area contributed by atoms with Crippen molar-refractivity contribution < 1.29 is 0 Å². The highest BCUT2D eigenvalue weighted by Gasteiger charge is 2.08. The molecule has 70 valence electrons. The zero-order chi connectivity index (χ0) is 9.40. The van der Waals surface area contributed by atoms with Crippen molar-refractivity contribution >= 4 is 0 Å². The van der Waals surface area contributed by atoms with Gasteiger partial charge in [0, 0.05) is 6.54 Å². The lowest BCUT2D eigenvalue weighted by atomic mass is 10.3. The van der Waals surface area contributed by atoms with Crippen molar-refractivity contribution in [2.45, 2.75) is 19.5 Å². The second kappa shape index (κ2) is 6.89. The topological polar surface area (TPSA) is 51.1 Å². The van der Waals surface area contributed by atoms with Gasteiger partial charge in [0.2, 0.25) is 0 Å². The molecule has 0 aliphatic rings. The molecule has 0 saturated heterocycles. The SMILES string of the molecule is CCN(C)C(CCNC#N)NC. The number of nitriles is 1. The standard InChI is InChI=1S/C8H18N4/c1-4-12(3)8(10-2)5-6-11-7-9/h8,10-11H,4-6H2,1-3H3. The summed E-state index contributed by atoms with van der Waals surface area (Å²) in [6.45, 7) is 3.85. The third kappa shape index (κ3) is 4.16. The molecule has 0 aliphatic heterocycles. The highest BCUT2D eigenvalue weighted by Crippen LogP contribution is 1.95. The molecule has 0 fully saturated rings. The Morgan fingerprint density at radius 3 is 2.67 bits per heavy atom. The Morgan fingerprint density at radius 1 is 1.58 bits per heavy atom. The smallest absolute Gasteiger partial charge is 0.176 e. The van der Waals surface area contributed by atoms with Gasteiger partial charge in [0.25, 0.3) is 0 Å². The first-order valence-electron chi connectivity index (χ1n) is 4.25. The summed E-state index contributed by atoms with van der Waals surface area (Å²) in [5.41, 5.74) is 0. The fraction of sp³-hybridized carbons (Fsp3) is 0.875. The van der Waals surface area contributed by atoms with Crippen molar-refractivity contribution in [3.05, 3.63) is 0 Å². The van der Waals surface area contributed by atoms with E-state index in [9.17, 15) is 0 Å². The summed E-state index contributed by atoms with van der Waals surface area (Å²) in [5, 5.41) is 14.1. The molecule has 0 rings (SSSR count). The molecular weight excluding hydrogens is 152 g/mol. The van der Waals surface area contributed by atoms with Crippen molar-refractivity contribution in [2.75, 3.05) is 27.2 Å². The van der Waals surface area contributed by atoms with E-state index in [-0.39, 0.29) is 0 Å². The lowest BCUT2D eigenvalue weighted by molar-refractivity contribution is 0.213. The molecule has 4 heteroatoms. The van der Waals surface area contributed by atoms with Crippen molar-refractivity contribution in [2.24, 2.45) is 0 Å². The van der Waals surface area contributed by atoms with Gasteiger partial charge in [0.1, 0.15) is 0 Å². The fourth-order valence-corrected chi connectivity index (χ4v) is 1.07. The predicted octanol–water partition coefficient (Wildman–Crippen LogP) is -0.0556. The average molecular weight is 170 g/mol. The van der Waals surface area contributed by atoms with Gasteiger partial charge in [-0.2, -0.15) is 5.26 Å². The largest absolute Gasteiger partial charge is 0.324 e. The summed E-state index contributed by atoms with van der Waals surface area (Å²) in [7, 11) is 4.00. The van der Waals surface area contributed by atoms with Crippen molar-refractivity contribution in [1.29, 1.82) is 5.26 Å². The lowest BCUT2D eigenvalue weighted by Crippen LogP contribution is -2.43. The lowest BCUT2D eigenvalue weighted by Gasteiger charge is -2.25. The molecule has 0 aliphatic carbocycles. The van der Waals surface area contributed by atoms with Crippen molar-refractivity contribution in [3.8, 4) is 6.19 Å². The maximum atomic E-state index is 8.25. The minimum absolute atomic E-state index is 0.357. The molecule has 1 unspecified atom stereocenters. The number of nitrogens with one attached hydrogen (secondary N) is 2. The van der Waals surface area contributed by atoms with Crippen molar-refractivity contribution in [3.63, 3.8) is 0 Å². The highest BCUT2D eigenvalue weighted by atomic mass is 15.2. The fourth-order valence-electron chi connectivity index (χ4n) is 1.07. The first-order chi connectivity index (χ1) is 5.76. The first-order valence-corrected chi connectivity index (χ1v) is 4.25. The third-order valence-electron chi connectivity index (χ3n) is 1.99. The molecule has 0 saturated carbocycles. The van der Waals surface area contributed by atoms with E-state index in [1.54, 1.807) is 0 Å². The van der Waals surface area contributed by atoms with Crippen LogP contribution in [0.4, 0.5) is 0 Å². The summed E-state index contributed by atoms with van der Waals surface area (Å²) in [5.74, 6) is 0. The average Bonchev–Trinajstić information content (AvgIpc) is 2.11. The normalized spacial score (nSPS) is 12.6. The third-order valence-corrected chi connectivity index (χ3v) is 1.99. The Balaban J connectivity index is 3.61. The summed E-state index contributed by atoms with van der Waals surface area (Å²) in [4.78, 5) is 2.21. The molecule has 0 aromatic heterocycles. The van der Waals surface area contributed by atoms with Gasteiger partial charge < -0.3 is 10.6 Å². The van der Waals surface area contributed by atoms with E-state index in [1.807, 2.05) is 13.2 Å². The van der Waals surface area contributed by atoms with Crippen LogP contribution in [0, 0.1) is 11.5 Å². The van der Waals surface area contributed by atoms with E-state index in [0.29, 0.717) is 6.17 Å². The Hall–Kier alpha value is -0.790. The van der Waals surface area contributed by atoms with E-state index >= 15 is 0 Å². The summed E-state index contributed by atoms with van der Waals surface area (Å²) in [6.07, 6.45) is 3.20. The molecule has 12 heavy (non-hydrogen) atoms. The van der Waals surface area contributed by atoms with Gasteiger partial charge in [-0.1, -0.05) is 6.92 Å². The summed E-state index contributed by atoms with van der Waals surface area (Å²) < 4.78 is 0.